The van der Waals surface area contributed by atoms with E-state index in [1.165, 1.54) is 37.0 Å². The molecule has 0 fully saturated rings. The molecule has 2 radical (unpaired) electrons. The summed E-state index contributed by atoms with van der Waals surface area (Å²) in [6, 6.07) is 56.0. The number of rotatable bonds is 4. The van der Waals surface area contributed by atoms with Gasteiger partial charge in [-0.15, -0.1) is 4.43 Å². The van der Waals surface area contributed by atoms with Crippen LogP contribution in [-0.2, 0) is 0 Å². The zero-order valence-electron chi connectivity index (χ0n) is 26.9. The third-order valence-electron chi connectivity index (χ3n) is 10.1. The van der Waals surface area contributed by atoms with Gasteiger partial charge in [0.1, 0.15) is 7.85 Å². The van der Waals surface area contributed by atoms with Crippen molar-refractivity contribution in [3.63, 3.8) is 0 Å². The Bertz CT molecular complexity index is 2880. The lowest BCUT2D eigenvalue weighted by atomic mass is 9.94. The fourth-order valence-electron chi connectivity index (χ4n) is 7.79. The zero-order chi connectivity index (χ0) is 32.6. The van der Waals surface area contributed by atoms with Crippen LogP contribution in [0.5, 0.6) is 5.75 Å². The Morgan fingerprint density at radius 1 is 0.429 bits per heavy atom. The van der Waals surface area contributed by atoms with Crippen molar-refractivity contribution in [3.8, 4) is 22.6 Å². The van der Waals surface area contributed by atoms with Crippen molar-refractivity contribution in [2.75, 3.05) is 0 Å². The molecule has 0 saturated carbocycles. The summed E-state index contributed by atoms with van der Waals surface area (Å²) in [4.78, 5) is 7.05. The standard InChI is InChI=1S/C44H26BN2O.Al.2H/c45-32-20-23-43-39(27-32)38-26-29(28-18-21-41-37(25-28)36-16-8-9-17-40(36)46(41)33-12-2-1-3-13-33)19-22-42(38)47(43)48-44-34-14-6-4-10-30(34)24-31-11-5-7-15-35(31)44;;;/h1-23,25-27H;;;. The van der Waals surface area contributed by atoms with Crippen LogP contribution in [0.15, 0.2) is 158 Å². The van der Waals surface area contributed by atoms with Crippen molar-refractivity contribution in [1.29, 1.82) is 0 Å². The Kier molecular flexibility index (Phi) is 6.30. The fraction of sp³-hybridized carbons (Fsp3) is 0. The SMILES string of the molecule is [B]c1ccc2c(c1)c1cc(-c3ccc4c(c3)c3ccccc3n4-c3ccccc3)ccc1n2Oc1c2ccccc2[c]([AlH2])c2ccccc12. The van der Waals surface area contributed by atoms with Crippen molar-refractivity contribution in [2.24, 2.45) is 0 Å². The second kappa shape index (κ2) is 10.9. The van der Waals surface area contributed by atoms with Gasteiger partial charge >= 0.3 is 0 Å². The first-order valence-electron chi connectivity index (χ1n) is 16.7. The van der Waals surface area contributed by atoms with Gasteiger partial charge in [0.2, 0.25) is 0 Å². The molecule has 10 rings (SSSR count). The largest absolute Gasteiger partial charge is 0.373 e. The lowest BCUT2D eigenvalue weighted by Gasteiger charge is -2.17. The molecule has 0 bridgehead atoms. The monoisotopic (exact) mass is 638 g/mol. The second-order valence-electron chi connectivity index (χ2n) is 12.9. The summed E-state index contributed by atoms with van der Waals surface area (Å²) < 4.78 is 5.74. The van der Waals surface area contributed by atoms with Gasteiger partial charge < -0.3 is 9.40 Å². The molecule has 10 aromatic rings. The maximum absolute atomic E-state index is 7.05. The average Bonchev–Trinajstić information content (AvgIpc) is 3.65. The van der Waals surface area contributed by atoms with Crippen LogP contribution >= 0.6 is 0 Å². The normalized spacial score (nSPS) is 11.8. The van der Waals surface area contributed by atoms with E-state index in [4.69, 9.17) is 12.7 Å². The minimum atomic E-state index is 0.725. The van der Waals surface area contributed by atoms with E-state index in [-0.39, 0.29) is 0 Å². The molecule has 49 heavy (non-hydrogen) atoms. The number of benzene rings is 8. The van der Waals surface area contributed by atoms with E-state index < -0.39 is 0 Å². The number of nitrogens with zero attached hydrogens (tertiary/aromatic N) is 2. The molecule has 3 nitrogen and oxygen atoms in total. The van der Waals surface area contributed by atoms with Gasteiger partial charge in [0.15, 0.2) is 5.75 Å². The van der Waals surface area contributed by atoms with E-state index in [0.717, 1.165) is 76.9 Å². The van der Waals surface area contributed by atoms with E-state index in [9.17, 15) is 0 Å². The molecule has 0 N–H and O–H groups in total. The third kappa shape index (κ3) is 4.30. The summed E-state index contributed by atoms with van der Waals surface area (Å²) in [5.41, 5.74) is 8.55. The van der Waals surface area contributed by atoms with E-state index in [0.29, 0.717) is 0 Å². The Balaban J connectivity index is 1.18. The van der Waals surface area contributed by atoms with Crippen LogP contribution in [0.3, 0.4) is 0 Å². The van der Waals surface area contributed by atoms with Crippen molar-refractivity contribution < 1.29 is 4.84 Å². The van der Waals surface area contributed by atoms with Gasteiger partial charge in [0.25, 0.3) is 16.3 Å². The summed E-state index contributed by atoms with van der Waals surface area (Å²) in [6.07, 6.45) is 0. The van der Waals surface area contributed by atoms with Crippen LogP contribution in [0.2, 0.25) is 0 Å². The molecule has 0 unspecified atom stereocenters. The summed E-state index contributed by atoms with van der Waals surface area (Å²) in [6.45, 7) is 0. The molecule has 0 aliphatic heterocycles. The highest BCUT2D eigenvalue weighted by atomic mass is 27.0. The molecule has 0 aliphatic rings. The summed E-state index contributed by atoms with van der Waals surface area (Å²) in [5.74, 6) is 0.866. The van der Waals surface area contributed by atoms with Gasteiger partial charge in [-0.3, -0.25) is 0 Å². The first-order valence-corrected chi connectivity index (χ1v) is 17.7. The van der Waals surface area contributed by atoms with Crippen molar-refractivity contribution in [1.82, 2.24) is 9.30 Å². The van der Waals surface area contributed by atoms with Crippen LogP contribution in [0.25, 0.3) is 82.0 Å². The van der Waals surface area contributed by atoms with Crippen LogP contribution in [-0.4, -0.2) is 33.4 Å². The van der Waals surface area contributed by atoms with Gasteiger partial charge in [0, 0.05) is 38.0 Å². The molecule has 226 valence electrons. The zero-order valence-corrected chi connectivity index (χ0v) is 28.9. The fourth-order valence-corrected chi connectivity index (χ4v) is 8.66. The predicted octanol–water partition coefficient (Wildman–Crippen LogP) is 8.76. The van der Waals surface area contributed by atoms with Crippen molar-refractivity contribution in [2.45, 2.75) is 0 Å². The van der Waals surface area contributed by atoms with Crippen LogP contribution in [0, 0.1) is 0 Å². The smallest absolute Gasteiger partial charge is 0.260 e. The Hall–Kier alpha value is -5.72. The molecule has 5 heteroatoms. The highest BCUT2D eigenvalue weighted by Gasteiger charge is 2.19. The molecule has 2 aromatic heterocycles. The first-order chi connectivity index (χ1) is 24.1. The first kappa shape index (κ1) is 28.3. The predicted molar refractivity (Wildman–Crippen MR) is 210 cm³/mol. The molecule has 0 saturated heterocycles. The highest BCUT2D eigenvalue weighted by molar-refractivity contribution is 6.46. The van der Waals surface area contributed by atoms with Crippen LogP contribution < -0.4 is 14.7 Å². The number of para-hydroxylation sites is 2. The third-order valence-corrected chi connectivity index (χ3v) is 11.2. The molecule has 0 aliphatic carbocycles. The van der Waals surface area contributed by atoms with Gasteiger partial charge in [0.05, 0.1) is 22.1 Å². The Labute approximate surface area is 292 Å². The maximum Gasteiger partial charge on any atom is 0.260 e. The number of hydrogen-bond donors (Lipinski definition) is 0. The van der Waals surface area contributed by atoms with E-state index in [1.807, 2.05) is 10.8 Å². The summed E-state index contributed by atoms with van der Waals surface area (Å²) >= 11 is 0.942. The van der Waals surface area contributed by atoms with Gasteiger partial charge in [-0.05, 0) is 70.4 Å². The van der Waals surface area contributed by atoms with Gasteiger partial charge in [-0.2, -0.15) is 4.73 Å². The summed E-state index contributed by atoms with van der Waals surface area (Å²) in [5, 5.41) is 9.37. The molecule has 8 aromatic carbocycles. The quantitative estimate of drug-likeness (QED) is 0.139. The highest BCUT2D eigenvalue weighted by Crippen LogP contribution is 2.39. The molecular weight excluding hydrogens is 610 g/mol. The van der Waals surface area contributed by atoms with E-state index in [1.54, 1.807) is 0 Å². The number of aromatic nitrogens is 2. The minimum Gasteiger partial charge on any atom is -0.373 e. The molecule has 0 spiro atoms. The molecule has 2 heterocycles. The second-order valence-corrected chi connectivity index (χ2v) is 13.9. The van der Waals surface area contributed by atoms with Crippen LogP contribution in [0.1, 0.15) is 0 Å². The topological polar surface area (TPSA) is 19.1 Å². The lowest BCUT2D eigenvalue weighted by Crippen LogP contribution is -2.11. The van der Waals surface area contributed by atoms with Crippen LogP contribution in [0.4, 0.5) is 0 Å². The van der Waals surface area contributed by atoms with E-state index in [2.05, 4.69) is 156 Å². The average molecular weight is 639 g/mol. The lowest BCUT2D eigenvalue weighted by molar-refractivity contribution is 0.248. The number of hydrogen-bond acceptors (Lipinski definition) is 1. The van der Waals surface area contributed by atoms with Gasteiger partial charge in [-0.1, -0.05) is 115 Å². The Morgan fingerprint density at radius 2 is 0.918 bits per heavy atom. The van der Waals surface area contributed by atoms with Crippen molar-refractivity contribution >= 4 is 99.2 Å². The van der Waals surface area contributed by atoms with E-state index >= 15 is 0 Å². The Morgan fingerprint density at radius 3 is 1.59 bits per heavy atom. The summed E-state index contributed by atoms with van der Waals surface area (Å²) in [7, 11) is 6.41. The van der Waals surface area contributed by atoms with Gasteiger partial charge in [-0.25, -0.2) is 0 Å². The maximum atomic E-state index is 7.05. The molecule has 0 amide bonds. The minimum absolute atomic E-state index is 0.725. The molecule has 0 atom stereocenters. The molecular formula is C44H28AlBN2O. The number of fused-ring (bicyclic) bond motifs is 8. The van der Waals surface area contributed by atoms with Crippen molar-refractivity contribution in [3.05, 3.63) is 158 Å².